The number of carbonyl (C=O) groups is 2. The molecule has 2 aromatic carbocycles. The van der Waals surface area contributed by atoms with E-state index < -0.39 is 0 Å². The quantitative estimate of drug-likeness (QED) is 0.214. The van der Waals surface area contributed by atoms with Gasteiger partial charge in [0.1, 0.15) is 18.1 Å². The average Bonchev–Trinajstić information content (AvgIpc) is 3.36. The Labute approximate surface area is 251 Å². The van der Waals surface area contributed by atoms with E-state index in [9.17, 15) is 9.59 Å². The summed E-state index contributed by atoms with van der Waals surface area (Å²) in [7, 11) is 1.62. The third-order valence-electron chi connectivity index (χ3n) is 7.32. The Balaban J connectivity index is 1.88. The highest BCUT2D eigenvalue weighted by molar-refractivity contribution is 5.97. The maximum Gasteiger partial charge on any atom is 0.322 e. The Morgan fingerprint density at radius 2 is 1.57 bits per heavy atom. The summed E-state index contributed by atoms with van der Waals surface area (Å²) in [5, 5.41) is 11.0. The van der Waals surface area contributed by atoms with Gasteiger partial charge in [0.05, 0.1) is 18.5 Å². The number of ether oxygens (including phenoxy) is 1. The molecule has 8 heteroatoms. The number of urea groups is 1. The molecule has 0 radical (unpaired) electrons. The van der Waals surface area contributed by atoms with Gasteiger partial charge in [-0.15, -0.1) is 0 Å². The number of aromatic nitrogens is 2. The van der Waals surface area contributed by atoms with E-state index in [-0.39, 0.29) is 35.7 Å². The third kappa shape index (κ3) is 8.37. The van der Waals surface area contributed by atoms with E-state index in [0.717, 1.165) is 53.2 Å². The molecule has 0 aliphatic carbocycles. The van der Waals surface area contributed by atoms with E-state index in [0.29, 0.717) is 12.4 Å². The van der Waals surface area contributed by atoms with Crippen LogP contribution < -0.4 is 15.4 Å². The minimum Gasteiger partial charge on any atom is -0.497 e. The first-order chi connectivity index (χ1) is 19.8. The van der Waals surface area contributed by atoms with Crippen LogP contribution in [-0.4, -0.2) is 46.8 Å². The number of amides is 3. The van der Waals surface area contributed by atoms with Crippen molar-refractivity contribution in [2.45, 2.75) is 91.9 Å². The Bertz CT molecular complexity index is 1310. The fourth-order valence-corrected chi connectivity index (χ4v) is 4.80. The molecule has 42 heavy (non-hydrogen) atoms. The molecule has 0 aliphatic rings. The lowest BCUT2D eigenvalue weighted by Gasteiger charge is -2.26. The smallest absolute Gasteiger partial charge is 0.322 e. The molecule has 228 valence electrons. The van der Waals surface area contributed by atoms with Gasteiger partial charge in [0.25, 0.3) is 0 Å². The summed E-state index contributed by atoms with van der Waals surface area (Å²) >= 11 is 0. The molecule has 0 bridgehead atoms. The molecule has 3 aromatic rings. The second-order valence-electron chi connectivity index (χ2n) is 12.5. The second-order valence-corrected chi connectivity index (χ2v) is 12.5. The Morgan fingerprint density at radius 3 is 2.10 bits per heavy atom. The molecule has 0 unspecified atom stereocenters. The zero-order chi connectivity index (χ0) is 31.0. The number of nitrogens with zero attached hydrogens (tertiary/aromatic N) is 3. The molecular formula is C34H49N5O3. The molecule has 1 aromatic heterocycles. The normalized spacial score (nSPS) is 11.6. The van der Waals surface area contributed by atoms with Crippen LogP contribution in [0.15, 0.2) is 48.5 Å². The van der Waals surface area contributed by atoms with E-state index in [2.05, 4.69) is 78.2 Å². The highest BCUT2D eigenvalue weighted by Crippen LogP contribution is 2.33. The third-order valence-corrected chi connectivity index (χ3v) is 7.32. The summed E-state index contributed by atoms with van der Waals surface area (Å²) in [5.41, 5.74) is 4.45. The molecule has 1 heterocycles. The molecule has 0 aliphatic heterocycles. The van der Waals surface area contributed by atoms with E-state index in [1.54, 1.807) is 16.7 Å². The zero-order valence-corrected chi connectivity index (χ0v) is 26.9. The van der Waals surface area contributed by atoms with Crippen molar-refractivity contribution < 1.29 is 14.3 Å². The summed E-state index contributed by atoms with van der Waals surface area (Å²) in [6.45, 7) is 17.3. The van der Waals surface area contributed by atoms with Crippen molar-refractivity contribution in [3.8, 4) is 11.4 Å². The number of nitrogens with one attached hydrogen (secondary N) is 2. The second kappa shape index (κ2) is 14.4. The van der Waals surface area contributed by atoms with Crippen LogP contribution in [0.1, 0.15) is 103 Å². The van der Waals surface area contributed by atoms with Crippen molar-refractivity contribution in [2.75, 3.05) is 30.8 Å². The van der Waals surface area contributed by atoms with Gasteiger partial charge in [-0.1, -0.05) is 86.4 Å². The fourth-order valence-electron chi connectivity index (χ4n) is 4.80. The van der Waals surface area contributed by atoms with Crippen molar-refractivity contribution in [3.63, 3.8) is 0 Å². The van der Waals surface area contributed by atoms with Gasteiger partial charge in [-0.3, -0.25) is 4.79 Å². The highest BCUT2D eigenvalue weighted by atomic mass is 16.5. The standard InChI is InChI=1S/C34H49N5O3/c1-10-11-12-20-38(33(41)36-32-27(23(2)3)14-13-15-28(32)24(4)5)22-31(40)35-30-21-29(34(6,7)8)37-39(30)25-16-18-26(42-9)19-17-25/h13-19,21,23-24H,10-12,20,22H2,1-9H3,(H,35,40)(H,36,41). The highest BCUT2D eigenvalue weighted by Gasteiger charge is 2.24. The van der Waals surface area contributed by atoms with E-state index in [4.69, 9.17) is 9.84 Å². The summed E-state index contributed by atoms with van der Waals surface area (Å²) in [6, 6.07) is 15.3. The molecule has 0 spiro atoms. The molecule has 3 amide bonds. The van der Waals surface area contributed by atoms with E-state index >= 15 is 0 Å². The molecular weight excluding hydrogens is 526 g/mol. The van der Waals surface area contributed by atoms with Crippen molar-refractivity contribution >= 4 is 23.4 Å². The van der Waals surface area contributed by atoms with Gasteiger partial charge in [0.15, 0.2) is 0 Å². The Hall–Kier alpha value is -3.81. The van der Waals surface area contributed by atoms with Crippen LogP contribution in [0.25, 0.3) is 5.69 Å². The number of anilines is 2. The van der Waals surface area contributed by atoms with Crippen LogP contribution in [0.4, 0.5) is 16.3 Å². The van der Waals surface area contributed by atoms with Crippen LogP contribution >= 0.6 is 0 Å². The summed E-state index contributed by atoms with van der Waals surface area (Å²) in [4.78, 5) is 28.9. The van der Waals surface area contributed by atoms with Crippen molar-refractivity contribution in [1.29, 1.82) is 0 Å². The predicted octanol–water partition coefficient (Wildman–Crippen LogP) is 8.09. The van der Waals surface area contributed by atoms with Crippen LogP contribution in [0.5, 0.6) is 5.75 Å². The molecule has 0 saturated heterocycles. The number of hydrogen-bond donors (Lipinski definition) is 2. The lowest BCUT2D eigenvalue weighted by Crippen LogP contribution is -2.41. The van der Waals surface area contributed by atoms with Gasteiger partial charge < -0.3 is 20.3 Å². The molecule has 2 N–H and O–H groups in total. The number of para-hydroxylation sites is 1. The topological polar surface area (TPSA) is 88.5 Å². The number of unbranched alkanes of at least 4 members (excludes halogenated alkanes) is 2. The van der Waals surface area contributed by atoms with Crippen molar-refractivity contribution in [2.24, 2.45) is 0 Å². The minimum absolute atomic E-state index is 0.0744. The fraction of sp³-hybridized carbons (Fsp3) is 0.500. The first-order valence-corrected chi connectivity index (χ1v) is 15.1. The van der Waals surface area contributed by atoms with Crippen LogP contribution in [0.3, 0.4) is 0 Å². The summed E-state index contributed by atoms with van der Waals surface area (Å²) < 4.78 is 7.04. The summed E-state index contributed by atoms with van der Waals surface area (Å²) in [6.07, 6.45) is 2.81. The molecule has 0 atom stereocenters. The SMILES string of the molecule is CCCCCN(CC(=O)Nc1cc(C(C)(C)C)nn1-c1ccc(OC)cc1)C(=O)Nc1c(C(C)C)cccc1C(C)C. The molecule has 3 rings (SSSR count). The van der Waals surface area contributed by atoms with Gasteiger partial charge in [-0.25, -0.2) is 9.48 Å². The summed E-state index contributed by atoms with van der Waals surface area (Å²) in [5.74, 6) is 1.49. The first kappa shape index (κ1) is 32.7. The number of hydrogen-bond acceptors (Lipinski definition) is 4. The number of carbonyl (C=O) groups excluding carboxylic acids is 2. The molecule has 0 fully saturated rings. The Kier molecular flexibility index (Phi) is 11.2. The van der Waals surface area contributed by atoms with Crippen molar-refractivity contribution in [3.05, 3.63) is 65.4 Å². The van der Waals surface area contributed by atoms with Crippen LogP contribution in [0.2, 0.25) is 0 Å². The monoisotopic (exact) mass is 575 g/mol. The maximum absolute atomic E-state index is 13.7. The largest absolute Gasteiger partial charge is 0.497 e. The van der Waals surface area contributed by atoms with Gasteiger partial charge in [-0.2, -0.15) is 5.10 Å². The van der Waals surface area contributed by atoms with Gasteiger partial charge in [-0.05, 0) is 53.6 Å². The zero-order valence-electron chi connectivity index (χ0n) is 26.9. The lowest BCUT2D eigenvalue weighted by atomic mass is 9.92. The van der Waals surface area contributed by atoms with Gasteiger partial charge in [0.2, 0.25) is 5.91 Å². The predicted molar refractivity (Wildman–Crippen MR) is 172 cm³/mol. The van der Waals surface area contributed by atoms with E-state index in [1.165, 1.54) is 0 Å². The van der Waals surface area contributed by atoms with Crippen molar-refractivity contribution in [1.82, 2.24) is 14.7 Å². The number of methoxy groups -OCH3 is 1. The maximum atomic E-state index is 13.7. The van der Waals surface area contributed by atoms with Crippen LogP contribution in [0, 0.1) is 0 Å². The molecule has 0 saturated carbocycles. The average molecular weight is 576 g/mol. The lowest BCUT2D eigenvalue weighted by molar-refractivity contribution is -0.116. The number of benzene rings is 2. The van der Waals surface area contributed by atoms with Crippen LogP contribution in [-0.2, 0) is 10.2 Å². The molecule has 8 nitrogen and oxygen atoms in total. The Morgan fingerprint density at radius 1 is 0.952 bits per heavy atom. The minimum atomic E-state index is -0.280. The van der Waals surface area contributed by atoms with Gasteiger partial charge >= 0.3 is 6.03 Å². The first-order valence-electron chi connectivity index (χ1n) is 15.1. The van der Waals surface area contributed by atoms with Gasteiger partial charge in [0, 0.05) is 23.7 Å². The number of rotatable bonds is 12. The van der Waals surface area contributed by atoms with E-state index in [1.807, 2.05) is 36.4 Å².